The van der Waals surface area contributed by atoms with Crippen molar-refractivity contribution >= 4 is 33.2 Å². The molecule has 160 valence electrons. The topological polar surface area (TPSA) is 104 Å². The van der Waals surface area contributed by atoms with E-state index in [0.717, 1.165) is 0 Å². The number of benzene rings is 2. The molecular formula is C22H21N3O5S. The van der Waals surface area contributed by atoms with E-state index in [1.165, 1.54) is 4.90 Å². The molecule has 3 aliphatic heterocycles. The van der Waals surface area contributed by atoms with Crippen molar-refractivity contribution in [3.8, 4) is 0 Å². The third-order valence-corrected chi connectivity index (χ3v) is 7.95. The molecule has 2 atom stereocenters. The van der Waals surface area contributed by atoms with Crippen molar-refractivity contribution in [2.24, 2.45) is 5.92 Å². The van der Waals surface area contributed by atoms with Gasteiger partial charge in [-0.2, -0.15) is 0 Å². The van der Waals surface area contributed by atoms with Crippen LogP contribution in [0.25, 0.3) is 0 Å². The standard InChI is InChI=1S/C22H21N3O5S/c26-19(23-11-14-9-10-31(29,30)13-14)12-24-20-15-5-1-2-6-16(15)22(28)25(20)18-8-4-3-7-17(18)21(24)27/h1-8,14,20H,9-13H2,(H,23,26)/t14-,20-/m1/s1. The van der Waals surface area contributed by atoms with Crippen LogP contribution in [0.5, 0.6) is 0 Å². The van der Waals surface area contributed by atoms with Gasteiger partial charge in [0.25, 0.3) is 11.8 Å². The third-order valence-electron chi connectivity index (χ3n) is 6.11. The van der Waals surface area contributed by atoms with Crippen molar-refractivity contribution in [3.05, 3.63) is 65.2 Å². The van der Waals surface area contributed by atoms with E-state index >= 15 is 0 Å². The van der Waals surface area contributed by atoms with Crippen molar-refractivity contribution in [3.63, 3.8) is 0 Å². The Balaban J connectivity index is 1.42. The molecule has 1 N–H and O–H groups in total. The Morgan fingerprint density at radius 1 is 1.00 bits per heavy atom. The summed E-state index contributed by atoms with van der Waals surface area (Å²) in [5.74, 6) is -0.806. The lowest BCUT2D eigenvalue weighted by Crippen LogP contribution is -2.51. The predicted octanol–water partition coefficient (Wildman–Crippen LogP) is 1.35. The van der Waals surface area contributed by atoms with Crippen LogP contribution >= 0.6 is 0 Å². The summed E-state index contributed by atoms with van der Waals surface area (Å²) in [5.41, 5.74) is 2.10. The number of hydrogen-bond acceptors (Lipinski definition) is 5. The number of sulfone groups is 1. The van der Waals surface area contributed by atoms with Gasteiger partial charge in [0, 0.05) is 17.7 Å². The van der Waals surface area contributed by atoms with Crippen molar-refractivity contribution in [1.82, 2.24) is 10.2 Å². The number of carbonyl (C=O) groups excluding carboxylic acids is 3. The van der Waals surface area contributed by atoms with E-state index in [1.54, 1.807) is 53.4 Å². The van der Waals surface area contributed by atoms with Crippen LogP contribution in [-0.4, -0.2) is 55.6 Å². The number of para-hydroxylation sites is 1. The first kappa shape index (κ1) is 19.7. The molecule has 8 nitrogen and oxygen atoms in total. The van der Waals surface area contributed by atoms with Crippen LogP contribution in [-0.2, 0) is 14.6 Å². The third kappa shape index (κ3) is 3.29. The monoisotopic (exact) mass is 439 g/mol. The maximum Gasteiger partial charge on any atom is 0.260 e. The van der Waals surface area contributed by atoms with E-state index in [1.807, 2.05) is 0 Å². The van der Waals surface area contributed by atoms with Gasteiger partial charge >= 0.3 is 0 Å². The van der Waals surface area contributed by atoms with Crippen molar-refractivity contribution in [2.75, 3.05) is 29.5 Å². The molecule has 3 aliphatic rings. The van der Waals surface area contributed by atoms with Gasteiger partial charge in [-0.05, 0) is 30.5 Å². The van der Waals surface area contributed by atoms with Gasteiger partial charge in [0.2, 0.25) is 5.91 Å². The molecule has 5 rings (SSSR count). The number of rotatable bonds is 4. The van der Waals surface area contributed by atoms with Gasteiger partial charge in [0.1, 0.15) is 12.7 Å². The molecule has 0 aliphatic carbocycles. The number of nitrogens with one attached hydrogen (secondary N) is 1. The van der Waals surface area contributed by atoms with Gasteiger partial charge in [-0.3, -0.25) is 19.3 Å². The number of anilines is 1. The Morgan fingerprint density at radius 3 is 2.45 bits per heavy atom. The lowest BCUT2D eigenvalue weighted by Gasteiger charge is -2.40. The van der Waals surface area contributed by atoms with E-state index in [-0.39, 0.29) is 48.2 Å². The lowest BCUT2D eigenvalue weighted by molar-refractivity contribution is -0.122. The van der Waals surface area contributed by atoms with E-state index in [0.29, 0.717) is 28.8 Å². The van der Waals surface area contributed by atoms with Crippen LogP contribution in [0.3, 0.4) is 0 Å². The number of carbonyl (C=O) groups is 3. The van der Waals surface area contributed by atoms with Crippen LogP contribution < -0.4 is 10.2 Å². The van der Waals surface area contributed by atoms with Crippen LogP contribution in [0, 0.1) is 5.92 Å². The predicted molar refractivity (Wildman–Crippen MR) is 113 cm³/mol. The van der Waals surface area contributed by atoms with Crippen LogP contribution in [0.2, 0.25) is 0 Å². The minimum atomic E-state index is -3.02. The smallest absolute Gasteiger partial charge is 0.260 e. The average molecular weight is 439 g/mol. The molecule has 0 aromatic heterocycles. The number of amides is 3. The second-order valence-corrected chi connectivity index (χ2v) is 10.4. The highest BCUT2D eigenvalue weighted by atomic mass is 32.2. The van der Waals surface area contributed by atoms with Gasteiger partial charge in [0.15, 0.2) is 9.84 Å². The summed E-state index contributed by atoms with van der Waals surface area (Å²) in [6.45, 7) is 0.0238. The molecule has 0 bridgehead atoms. The average Bonchev–Trinajstić information content (AvgIpc) is 3.26. The molecule has 3 heterocycles. The molecule has 3 amide bonds. The Morgan fingerprint density at radius 2 is 1.71 bits per heavy atom. The summed E-state index contributed by atoms with van der Waals surface area (Å²) < 4.78 is 23.3. The number of nitrogens with zero attached hydrogens (tertiary/aromatic N) is 2. The Hall–Kier alpha value is -3.20. The second kappa shape index (κ2) is 7.19. The minimum absolute atomic E-state index is 0.0710. The van der Waals surface area contributed by atoms with E-state index in [4.69, 9.17) is 0 Å². The molecule has 1 saturated heterocycles. The fourth-order valence-electron chi connectivity index (χ4n) is 4.64. The summed E-state index contributed by atoms with van der Waals surface area (Å²) in [7, 11) is -3.02. The fraction of sp³-hybridized carbons (Fsp3) is 0.318. The zero-order valence-corrected chi connectivity index (χ0v) is 17.5. The maximum absolute atomic E-state index is 13.3. The summed E-state index contributed by atoms with van der Waals surface area (Å²) in [5, 5.41) is 2.77. The van der Waals surface area contributed by atoms with E-state index in [2.05, 4.69) is 5.32 Å². The normalized spacial score (nSPS) is 23.4. The molecule has 0 radical (unpaired) electrons. The highest BCUT2D eigenvalue weighted by Gasteiger charge is 2.48. The summed E-state index contributed by atoms with van der Waals surface area (Å²) in [6.07, 6.45) is -0.166. The van der Waals surface area contributed by atoms with Crippen molar-refractivity contribution in [1.29, 1.82) is 0 Å². The summed E-state index contributed by atoms with van der Waals surface area (Å²) >= 11 is 0. The van der Waals surface area contributed by atoms with E-state index in [9.17, 15) is 22.8 Å². The Bertz CT molecular complexity index is 1210. The SMILES string of the molecule is O=C(CN1C(=O)c2ccccc2N2C(=O)c3ccccc3[C@H]12)NC[C@H]1CCS(=O)(=O)C1. The maximum atomic E-state index is 13.3. The zero-order chi connectivity index (χ0) is 21.8. The van der Waals surface area contributed by atoms with Crippen LogP contribution in [0.1, 0.15) is 38.9 Å². The summed E-state index contributed by atoms with van der Waals surface area (Å²) in [4.78, 5) is 42.1. The first-order valence-electron chi connectivity index (χ1n) is 10.2. The molecular weight excluding hydrogens is 418 g/mol. The Labute approximate surface area is 179 Å². The highest BCUT2D eigenvalue weighted by molar-refractivity contribution is 7.91. The number of hydrogen-bond donors (Lipinski definition) is 1. The van der Waals surface area contributed by atoms with Gasteiger partial charge in [-0.1, -0.05) is 30.3 Å². The highest BCUT2D eigenvalue weighted by Crippen LogP contribution is 2.44. The van der Waals surface area contributed by atoms with Gasteiger partial charge in [0.05, 0.1) is 22.8 Å². The molecule has 31 heavy (non-hydrogen) atoms. The van der Waals surface area contributed by atoms with Gasteiger partial charge < -0.3 is 10.2 Å². The molecule has 1 fully saturated rings. The molecule has 2 aromatic rings. The zero-order valence-electron chi connectivity index (χ0n) is 16.7. The Kier molecular flexibility index (Phi) is 4.58. The molecule has 0 unspecified atom stereocenters. The fourth-order valence-corrected chi connectivity index (χ4v) is 6.50. The second-order valence-electron chi connectivity index (χ2n) is 8.16. The number of fused-ring (bicyclic) bond motifs is 5. The lowest BCUT2D eigenvalue weighted by atomic mass is 10.0. The first-order chi connectivity index (χ1) is 14.9. The van der Waals surface area contributed by atoms with Crippen LogP contribution in [0.15, 0.2) is 48.5 Å². The molecule has 0 saturated carbocycles. The first-order valence-corrected chi connectivity index (χ1v) is 12.0. The van der Waals surface area contributed by atoms with Crippen LogP contribution in [0.4, 0.5) is 5.69 Å². The molecule has 0 spiro atoms. The largest absolute Gasteiger partial charge is 0.354 e. The minimum Gasteiger partial charge on any atom is -0.354 e. The quantitative estimate of drug-likeness (QED) is 0.775. The molecule has 2 aromatic carbocycles. The summed E-state index contributed by atoms with van der Waals surface area (Å²) in [6, 6.07) is 14.0. The molecule has 9 heteroatoms. The van der Waals surface area contributed by atoms with Crippen molar-refractivity contribution < 1.29 is 22.8 Å². The van der Waals surface area contributed by atoms with Gasteiger partial charge in [-0.25, -0.2) is 8.42 Å². The van der Waals surface area contributed by atoms with Gasteiger partial charge in [-0.15, -0.1) is 0 Å². The van der Waals surface area contributed by atoms with Crippen molar-refractivity contribution in [2.45, 2.75) is 12.6 Å². The van der Waals surface area contributed by atoms with E-state index < -0.39 is 16.0 Å².